The zero-order chi connectivity index (χ0) is 12.9. The monoisotopic (exact) mass is 242 g/mol. The van der Waals surface area contributed by atoms with Gasteiger partial charge in [0.2, 0.25) is 0 Å². The van der Waals surface area contributed by atoms with Crippen LogP contribution >= 0.6 is 0 Å². The molecule has 0 amide bonds. The highest BCUT2D eigenvalue weighted by atomic mass is 16.5. The highest BCUT2D eigenvalue weighted by molar-refractivity contribution is 5.02. The van der Waals surface area contributed by atoms with E-state index >= 15 is 0 Å². The lowest BCUT2D eigenvalue weighted by molar-refractivity contribution is 0.0237. The fourth-order valence-corrected chi connectivity index (χ4v) is 2.83. The first kappa shape index (κ1) is 14.9. The van der Waals surface area contributed by atoms with Crippen molar-refractivity contribution in [3.63, 3.8) is 0 Å². The van der Waals surface area contributed by atoms with E-state index in [4.69, 9.17) is 10.5 Å². The van der Waals surface area contributed by atoms with Gasteiger partial charge in [0.25, 0.3) is 0 Å². The summed E-state index contributed by atoms with van der Waals surface area (Å²) in [5.74, 6) is 0.816. The van der Waals surface area contributed by atoms with Gasteiger partial charge in [0, 0.05) is 18.6 Å². The summed E-state index contributed by atoms with van der Waals surface area (Å²) in [5.41, 5.74) is 6.32. The van der Waals surface area contributed by atoms with Crippen molar-refractivity contribution < 1.29 is 4.74 Å². The Kier molecular flexibility index (Phi) is 5.90. The molecule has 1 aliphatic carbocycles. The molecule has 0 spiro atoms. The van der Waals surface area contributed by atoms with Crippen LogP contribution in [0.25, 0.3) is 0 Å². The van der Waals surface area contributed by atoms with Crippen molar-refractivity contribution in [1.29, 1.82) is 0 Å². The average Bonchev–Trinajstić information content (AvgIpc) is 3.09. The normalized spacial score (nSPS) is 19.9. The van der Waals surface area contributed by atoms with Crippen LogP contribution in [0.2, 0.25) is 0 Å². The van der Waals surface area contributed by atoms with Crippen LogP contribution in [0.4, 0.5) is 0 Å². The first-order valence-corrected chi connectivity index (χ1v) is 7.09. The van der Waals surface area contributed by atoms with Gasteiger partial charge in [-0.3, -0.25) is 4.90 Å². The second-order valence-electron chi connectivity index (χ2n) is 5.67. The molecule has 0 aromatic rings. The molecule has 1 unspecified atom stereocenters. The lowest BCUT2D eigenvalue weighted by Crippen LogP contribution is -2.54. The second kappa shape index (κ2) is 6.72. The highest BCUT2D eigenvalue weighted by Gasteiger charge is 2.45. The van der Waals surface area contributed by atoms with Gasteiger partial charge in [-0.25, -0.2) is 0 Å². The molecule has 1 fully saturated rings. The van der Waals surface area contributed by atoms with Gasteiger partial charge in [0.15, 0.2) is 0 Å². The van der Waals surface area contributed by atoms with Gasteiger partial charge >= 0.3 is 0 Å². The maximum Gasteiger partial charge on any atom is 0.0597 e. The maximum atomic E-state index is 6.08. The van der Waals surface area contributed by atoms with Gasteiger partial charge < -0.3 is 10.5 Å². The first-order valence-electron chi connectivity index (χ1n) is 7.09. The van der Waals surface area contributed by atoms with Crippen molar-refractivity contribution in [2.24, 2.45) is 11.7 Å². The SMILES string of the molecule is CCCC(CN)(C1CC1)N(C)CCOC(C)C. The Hall–Kier alpha value is -0.120. The molecule has 102 valence electrons. The Balaban J connectivity index is 2.50. The summed E-state index contributed by atoms with van der Waals surface area (Å²) in [5, 5.41) is 0. The summed E-state index contributed by atoms with van der Waals surface area (Å²) in [6.07, 6.45) is 5.46. The summed E-state index contributed by atoms with van der Waals surface area (Å²) < 4.78 is 5.65. The Morgan fingerprint density at radius 2 is 2.06 bits per heavy atom. The Labute approximate surface area is 107 Å². The molecule has 0 radical (unpaired) electrons. The van der Waals surface area contributed by atoms with Crippen LogP contribution in [0.3, 0.4) is 0 Å². The molecule has 0 heterocycles. The van der Waals surface area contributed by atoms with E-state index in [0.29, 0.717) is 6.10 Å². The molecule has 2 N–H and O–H groups in total. The first-order chi connectivity index (χ1) is 8.06. The van der Waals surface area contributed by atoms with Gasteiger partial charge in [-0.15, -0.1) is 0 Å². The molecule has 3 heteroatoms. The van der Waals surface area contributed by atoms with Crippen molar-refractivity contribution in [2.45, 2.75) is 58.1 Å². The number of hydrogen-bond acceptors (Lipinski definition) is 3. The Morgan fingerprint density at radius 1 is 1.41 bits per heavy atom. The molecule has 1 atom stereocenters. The number of rotatable bonds is 9. The summed E-state index contributed by atoms with van der Waals surface area (Å²) >= 11 is 0. The van der Waals surface area contributed by atoms with Crippen LogP contribution in [0.1, 0.15) is 46.5 Å². The van der Waals surface area contributed by atoms with Crippen molar-refractivity contribution in [2.75, 3.05) is 26.7 Å². The largest absolute Gasteiger partial charge is 0.377 e. The summed E-state index contributed by atoms with van der Waals surface area (Å²) in [7, 11) is 2.21. The fourth-order valence-electron chi connectivity index (χ4n) is 2.83. The fraction of sp³-hybridized carbons (Fsp3) is 1.00. The third-order valence-corrected chi connectivity index (χ3v) is 4.01. The summed E-state index contributed by atoms with van der Waals surface area (Å²) in [6, 6.07) is 0. The van der Waals surface area contributed by atoms with Gasteiger partial charge in [-0.05, 0) is 46.1 Å². The van der Waals surface area contributed by atoms with E-state index in [-0.39, 0.29) is 5.54 Å². The molecular weight excluding hydrogens is 212 g/mol. The third-order valence-electron chi connectivity index (χ3n) is 4.01. The van der Waals surface area contributed by atoms with E-state index in [9.17, 15) is 0 Å². The molecule has 17 heavy (non-hydrogen) atoms. The molecule has 0 bridgehead atoms. The quantitative estimate of drug-likeness (QED) is 0.674. The minimum atomic E-state index is 0.231. The summed E-state index contributed by atoms with van der Waals surface area (Å²) in [4.78, 5) is 2.45. The number of nitrogens with zero attached hydrogens (tertiary/aromatic N) is 1. The molecule has 3 nitrogen and oxygen atoms in total. The average molecular weight is 242 g/mol. The van der Waals surface area contributed by atoms with Gasteiger partial charge in [-0.1, -0.05) is 13.3 Å². The summed E-state index contributed by atoms with van der Waals surface area (Å²) in [6.45, 7) is 9.01. The van der Waals surface area contributed by atoms with Crippen LogP contribution in [-0.2, 0) is 4.74 Å². The lowest BCUT2D eigenvalue weighted by atomic mass is 9.86. The predicted molar refractivity (Wildman–Crippen MR) is 73.1 cm³/mol. The number of likely N-dealkylation sites (N-methyl/N-ethyl adjacent to an activating group) is 1. The molecular formula is C14H30N2O. The standard InChI is InChI=1S/C14H30N2O/c1-5-8-14(11-15,13-6-7-13)16(4)9-10-17-12(2)3/h12-13H,5-11,15H2,1-4H3. The topological polar surface area (TPSA) is 38.5 Å². The zero-order valence-electron chi connectivity index (χ0n) is 12.0. The van der Waals surface area contributed by atoms with Gasteiger partial charge in [0.05, 0.1) is 12.7 Å². The highest BCUT2D eigenvalue weighted by Crippen LogP contribution is 2.44. The van der Waals surface area contributed by atoms with E-state index in [1.54, 1.807) is 0 Å². The molecule has 0 aromatic heterocycles. The zero-order valence-corrected chi connectivity index (χ0v) is 12.0. The van der Waals surface area contributed by atoms with E-state index in [1.165, 1.54) is 25.7 Å². The third kappa shape index (κ3) is 3.94. The molecule has 0 aliphatic heterocycles. The molecule has 0 aromatic carbocycles. The molecule has 1 rings (SSSR count). The van der Waals surface area contributed by atoms with Gasteiger partial charge in [-0.2, -0.15) is 0 Å². The smallest absolute Gasteiger partial charge is 0.0597 e. The van der Waals surface area contributed by atoms with Crippen molar-refractivity contribution in [1.82, 2.24) is 4.90 Å². The lowest BCUT2D eigenvalue weighted by Gasteiger charge is -2.42. The van der Waals surface area contributed by atoms with E-state index in [2.05, 4.69) is 32.7 Å². The van der Waals surface area contributed by atoms with Gasteiger partial charge in [0.1, 0.15) is 0 Å². The van der Waals surface area contributed by atoms with Crippen LogP contribution < -0.4 is 5.73 Å². The molecule has 1 saturated carbocycles. The number of hydrogen-bond donors (Lipinski definition) is 1. The minimum Gasteiger partial charge on any atom is -0.377 e. The Morgan fingerprint density at radius 3 is 2.47 bits per heavy atom. The van der Waals surface area contributed by atoms with Crippen LogP contribution in [-0.4, -0.2) is 43.3 Å². The van der Waals surface area contributed by atoms with Crippen LogP contribution in [0.5, 0.6) is 0 Å². The van der Waals surface area contributed by atoms with E-state index in [0.717, 1.165) is 25.6 Å². The second-order valence-corrected chi connectivity index (χ2v) is 5.67. The molecule has 0 saturated heterocycles. The molecule has 1 aliphatic rings. The van der Waals surface area contributed by atoms with E-state index < -0.39 is 0 Å². The van der Waals surface area contributed by atoms with Crippen molar-refractivity contribution in [3.8, 4) is 0 Å². The van der Waals surface area contributed by atoms with Crippen LogP contribution in [0.15, 0.2) is 0 Å². The van der Waals surface area contributed by atoms with Crippen molar-refractivity contribution in [3.05, 3.63) is 0 Å². The minimum absolute atomic E-state index is 0.231. The predicted octanol–water partition coefficient (Wildman–Crippen LogP) is 2.25. The number of ether oxygens (including phenoxy) is 1. The number of nitrogens with two attached hydrogens (primary N) is 1. The van der Waals surface area contributed by atoms with Crippen LogP contribution in [0, 0.1) is 5.92 Å². The van der Waals surface area contributed by atoms with Crippen molar-refractivity contribution >= 4 is 0 Å². The maximum absolute atomic E-state index is 6.08. The Bertz CT molecular complexity index is 216. The van der Waals surface area contributed by atoms with E-state index in [1.807, 2.05) is 0 Å².